The summed E-state index contributed by atoms with van der Waals surface area (Å²) in [7, 11) is 0. The number of halogens is 1. The average molecular weight is 370 g/mol. The maximum Gasteiger partial charge on any atom is 0.330 e. The predicted molar refractivity (Wildman–Crippen MR) is 98.0 cm³/mol. The van der Waals surface area contributed by atoms with Crippen LogP contribution < -0.4 is 10.6 Å². The average Bonchev–Trinajstić information content (AvgIpc) is 2.65. The van der Waals surface area contributed by atoms with Crippen molar-refractivity contribution in [1.29, 1.82) is 0 Å². The van der Waals surface area contributed by atoms with Crippen LogP contribution in [0, 0.1) is 5.82 Å². The van der Waals surface area contributed by atoms with Crippen LogP contribution in [0.4, 0.5) is 4.39 Å². The third-order valence-corrected chi connectivity index (χ3v) is 3.59. The van der Waals surface area contributed by atoms with E-state index < -0.39 is 23.8 Å². The maximum atomic E-state index is 13.0. The number of hydrogen-bond acceptors (Lipinski definition) is 3. The van der Waals surface area contributed by atoms with E-state index in [2.05, 4.69) is 10.6 Å². The molecule has 0 aromatic heterocycles. The summed E-state index contributed by atoms with van der Waals surface area (Å²) in [5, 5.41) is 14.0. The molecule has 0 saturated heterocycles. The number of carboxylic acids is 1. The Balaban J connectivity index is 1.80. The summed E-state index contributed by atoms with van der Waals surface area (Å²) < 4.78 is 13.0. The number of carbonyl (C=O) groups is 3. The number of aliphatic carboxylic acids is 1. The largest absolute Gasteiger partial charge is 0.479 e. The van der Waals surface area contributed by atoms with Gasteiger partial charge in [-0.1, -0.05) is 54.6 Å². The molecule has 2 rings (SSSR count). The second kappa shape index (κ2) is 9.86. The highest BCUT2D eigenvalue weighted by Crippen LogP contribution is 2.12. The quantitative estimate of drug-likeness (QED) is 0.664. The van der Waals surface area contributed by atoms with Gasteiger partial charge in [-0.25, -0.2) is 9.18 Å². The molecule has 3 N–H and O–H groups in total. The summed E-state index contributed by atoms with van der Waals surface area (Å²) in [5.74, 6) is -2.60. The lowest BCUT2D eigenvalue weighted by atomic mass is 10.1. The van der Waals surface area contributed by atoms with Gasteiger partial charge in [-0.05, 0) is 23.3 Å². The lowest BCUT2D eigenvalue weighted by Gasteiger charge is -2.15. The molecule has 1 atom stereocenters. The van der Waals surface area contributed by atoms with Crippen molar-refractivity contribution in [2.24, 2.45) is 0 Å². The van der Waals surface area contributed by atoms with Crippen molar-refractivity contribution in [3.05, 3.63) is 77.6 Å². The molecule has 0 aliphatic carbocycles. The number of hydrogen-bond donors (Lipinski definition) is 3. The summed E-state index contributed by atoms with van der Waals surface area (Å²) in [6.07, 6.45) is 3.15. The molecule has 0 spiro atoms. The highest BCUT2D eigenvalue weighted by molar-refractivity contribution is 5.88. The first-order valence-corrected chi connectivity index (χ1v) is 8.21. The minimum absolute atomic E-state index is 0.00480. The number of amides is 2. The highest BCUT2D eigenvalue weighted by Gasteiger charge is 2.21. The van der Waals surface area contributed by atoms with Crippen molar-refractivity contribution < 1.29 is 23.9 Å². The molecular weight excluding hydrogens is 351 g/mol. The first-order valence-electron chi connectivity index (χ1n) is 8.21. The first-order chi connectivity index (χ1) is 13.0. The van der Waals surface area contributed by atoms with Gasteiger partial charge < -0.3 is 15.7 Å². The number of benzene rings is 2. The van der Waals surface area contributed by atoms with Gasteiger partial charge in [0.15, 0.2) is 6.04 Å². The van der Waals surface area contributed by atoms with Crippen molar-refractivity contribution in [3.63, 3.8) is 0 Å². The second-order valence-electron chi connectivity index (χ2n) is 5.69. The van der Waals surface area contributed by atoms with E-state index in [4.69, 9.17) is 0 Å². The summed E-state index contributed by atoms with van der Waals surface area (Å²) in [4.78, 5) is 35.0. The maximum absolute atomic E-state index is 13.0. The summed E-state index contributed by atoms with van der Waals surface area (Å²) in [6.45, 7) is -0.344. The van der Waals surface area contributed by atoms with Crippen LogP contribution >= 0.6 is 0 Å². The van der Waals surface area contributed by atoms with Gasteiger partial charge in [-0.2, -0.15) is 0 Å². The molecule has 2 aromatic carbocycles. The monoisotopic (exact) mass is 370 g/mol. The van der Waals surface area contributed by atoms with Gasteiger partial charge in [0.25, 0.3) is 0 Å². The Morgan fingerprint density at radius 2 is 1.78 bits per heavy atom. The second-order valence-corrected chi connectivity index (χ2v) is 5.69. The molecule has 140 valence electrons. The Hall–Kier alpha value is -3.48. The van der Waals surface area contributed by atoms with Crippen LogP contribution in [-0.4, -0.2) is 29.4 Å². The zero-order valence-electron chi connectivity index (χ0n) is 14.4. The Labute approximate surface area is 155 Å². The van der Waals surface area contributed by atoms with E-state index in [9.17, 15) is 23.9 Å². The van der Waals surface area contributed by atoms with Crippen LogP contribution in [0.5, 0.6) is 0 Å². The third kappa shape index (κ3) is 6.74. The molecule has 7 heteroatoms. The van der Waals surface area contributed by atoms with E-state index in [1.54, 1.807) is 54.6 Å². The molecule has 0 bridgehead atoms. The molecule has 0 heterocycles. The standard InChI is InChI=1S/C20H19FN2O4/c21-16-10-4-6-14(12-16)7-5-11-17(24)22-13-18(25)23-19(20(26)27)15-8-2-1-3-9-15/h1-10,12,19H,11,13H2,(H,22,24)(H,23,25)(H,26,27)/b7-5+/t19-/m0/s1. The molecular formula is C20H19FN2O4. The molecule has 0 aliphatic heterocycles. The summed E-state index contributed by atoms with van der Waals surface area (Å²) in [5.41, 5.74) is 1.05. The zero-order chi connectivity index (χ0) is 19.6. The van der Waals surface area contributed by atoms with Gasteiger partial charge in [0.2, 0.25) is 11.8 Å². The topological polar surface area (TPSA) is 95.5 Å². The normalized spacial score (nSPS) is 11.7. The van der Waals surface area contributed by atoms with Gasteiger partial charge in [0.05, 0.1) is 6.54 Å². The van der Waals surface area contributed by atoms with E-state index in [0.717, 1.165) is 0 Å². The number of carbonyl (C=O) groups excluding carboxylic acids is 2. The Bertz CT molecular complexity index is 837. The molecule has 0 unspecified atom stereocenters. The van der Waals surface area contributed by atoms with Crippen molar-refractivity contribution in [1.82, 2.24) is 10.6 Å². The lowest BCUT2D eigenvalue weighted by Crippen LogP contribution is -2.40. The lowest BCUT2D eigenvalue weighted by molar-refractivity contribution is -0.141. The van der Waals surface area contributed by atoms with Crippen LogP contribution in [0.15, 0.2) is 60.7 Å². The Morgan fingerprint density at radius 3 is 2.44 bits per heavy atom. The van der Waals surface area contributed by atoms with E-state index in [0.29, 0.717) is 11.1 Å². The fourth-order valence-corrected chi connectivity index (χ4v) is 2.31. The summed E-state index contributed by atoms with van der Waals surface area (Å²) >= 11 is 0. The van der Waals surface area contributed by atoms with Crippen LogP contribution in [0.25, 0.3) is 6.08 Å². The molecule has 0 aliphatic rings. The van der Waals surface area contributed by atoms with Crippen molar-refractivity contribution in [2.45, 2.75) is 12.5 Å². The third-order valence-electron chi connectivity index (χ3n) is 3.59. The molecule has 0 fully saturated rings. The smallest absolute Gasteiger partial charge is 0.330 e. The van der Waals surface area contributed by atoms with Crippen LogP contribution in [0.1, 0.15) is 23.6 Å². The SMILES string of the molecule is O=C(C/C=C/c1cccc(F)c1)NCC(=O)N[C@H](C(=O)O)c1ccccc1. The van der Waals surface area contributed by atoms with Crippen LogP contribution in [0.3, 0.4) is 0 Å². The minimum atomic E-state index is -1.20. The zero-order valence-corrected chi connectivity index (χ0v) is 14.4. The molecule has 0 saturated carbocycles. The van der Waals surface area contributed by atoms with Crippen LogP contribution in [-0.2, 0) is 14.4 Å². The highest BCUT2D eigenvalue weighted by atomic mass is 19.1. The van der Waals surface area contributed by atoms with Gasteiger partial charge >= 0.3 is 5.97 Å². The fourth-order valence-electron chi connectivity index (χ4n) is 2.31. The predicted octanol–water partition coefficient (Wildman–Crippen LogP) is 2.29. The van der Waals surface area contributed by atoms with Crippen molar-refractivity contribution in [2.75, 3.05) is 6.54 Å². The van der Waals surface area contributed by atoms with Gasteiger partial charge in [-0.3, -0.25) is 9.59 Å². The molecule has 2 amide bonds. The van der Waals surface area contributed by atoms with E-state index >= 15 is 0 Å². The van der Waals surface area contributed by atoms with Crippen molar-refractivity contribution >= 4 is 23.9 Å². The fraction of sp³-hybridized carbons (Fsp3) is 0.150. The number of carboxylic acid groups (broad SMARTS) is 1. The molecule has 27 heavy (non-hydrogen) atoms. The number of rotatable bonds is 8. The van der Waals surface area contributed by atoms with E-state index in [-0.39, 0.29) is 18.8 Å². The summed E-state index contributed by atoms with van der Waals surface area (Å²) in [6, 6.07) is 13.0. The van der Waals surface area contributed by atoms with Gasteiger partial charge in [0, 0.05) is 6.42 Å². The Kier molecular flexibility index (Phi) is 7.25. The first kappa shape index (κ1) is 19.8. The molecule has 0 radical (unpaired) electrons. The Morgan fingerprint density at radius 1 is 1.04 bits per heavy atom. The van der Waals surface area contributed by atoms with E-state index in [1.807, 2.05) is 0 Å². The van der Waals surface area contributed by atoms with Gasteiger partial charge in [-0.15, -0.1) is 0 Å². The van der Waals surface area contributed by atoms with Crippen molar-refractivity contribution in [3.8, 4) is 0 Å². The van der Waals surface area contributed by atoms with E-state index in [1.165, 1.54) is 12.1 Å². The van der Waals surface area contributed by atoms with Crippen LogP contribution in [0.2, 0.25) is 0 Å². The molecule has 2 aromatic rings. The molecule has 6 nitrogen and oxygen atoms in total. The van der Waals surface area contributed by atoms with Gasteiger partial charge in [0.1, 0.15) is 5.82 Å². The minimum Gasteiger partial charge on any atom is -0.479 e. The number of nitrogens with one attached hydrogen (secondary N) is 2.